The van der Waals surface area contributed by atoms with Gasteiger partial charge in [-0.25, -0.2) is 4.79 Å². The topological polar surface area (TPSA) is 47.6 Å². The molecular formula is C16H25NO3. The minimum Gasteiger partial charge on any atom is -0.495 e. The van der Waals surface area contributed by atoms with Crippen molar-refractivity contribution >= 4 is 11.7 Å². The Hall–Kier alpha value is -1.71. The predicted molar refractivity (Wildman–Crippen MR) is 81.2 cm³/mol. The van der Waals surface area contributed by atoms with Crippen molar-refractivity contribution in [2.24, 2.45) is 0 Å². The molecule has 0 saturated heterocycles. The SMILES string of the molecule is CCCC(CC)(Nc1ccccc1OC)C(=O)OCC. The van der Waals surface area contributed by atoms with Crippen molar-refractivity contribution < 1.29 is 14.3 Å². The van der Waals surface area contributed by atoms with Crippen LogP contribution in [0.1, 0.15) is 40.0 Å². The fraction of sp³-hybridized carbons (Fsp3) is 0.562. The fourth-order valence-corrected chi connectivity index (χ4v) is 2.33. The van der Waals surface area contributed by atoms with Crippen LogP contribution in [0.15, 0.2) is 24.3 Å². The zero-order valence-electron chi connectivity index (χ0n) is 12.9. The Morgan fingerprint density at radius 2 is 1.95 bits per heavy atom. The highest BCUT2D eigenvalue weighted by Gasteiger charge is 2.37. The summed E-state index contributed by atoms with van der Waals surface area (Å²) in [6.45, 7) is 6.27. The van der Waals surface area contributed by atoms with E-state index in [-0.39, 0.29) is 5.97 Å². The van der Waals surface area contributed by atoms with Crippen LogP contribution in [-0.2, 0) is 9.53 Å². The van der Waals surface area contributed by atoms with E-state index in [2.05, 4.69) is 12.2 Å². The third kappa shape index (κ3) is 3.65. The number of methoxy groups -OCH3 is 1. The fourth-order valence-electron chi connectivity index (χ4n) is 2.33. The standard InChI is InChI=1S/C16H25NO3/c1-5-12-16(6-2,15(18)20-7-3)17-13-10-8-9-11-14(13)19-4/h8-11,17H,5-7,12H2,1-4H3. The molecule has 0 radical (unpaired) electrons. The van der Waals surface area contributed by atoms with Gasteiger partial charge in [0.05, 0.1) is 19.4 Å². The molecular weight excluding hydrogens is 254 g/mol. The van der Waals surface area contributed by atoms with Crippen LogP contribution in [0.2, 0.25) is 0 Å². The van der Waals surface area contributed by atoms with Gasteiger partial charge in [0.25, 0.3) is 0 Å². The Balaban J connectivity index is 3.08. The first-order chi connectivity index (χ1) is 9.63. The Morgan fingerprint density at radius 1 is 1.25 bits per heavy atom. The maximum Gasteiger partial charge on any atom is 0.331 e. The van der Waals surface area contributed by atoms with Gasteiger partial charge in [-0.1, -0.05) is 32.4 Å². The number of esters is 1. The van der Waals surface area contributed by atoms with Crippen molar-refractivity contribution in [2.45, 2.75) is 45.6 Å². The number of carbonyl (C=O) groups is 1. The molecule has 20 heavy (non-hydrogen) atoms. The molecule has 1 atom stereocenters. The van der Waals surface area contributed by atoms with Gasteiger partial charge in [-0.05, 0) is 31.9 Å². The van der Waals surface area contributed by atoms with E-state index in [1.54, 1.807) is 7.11 Å². The van der Waals surface area contributed by atoms with Gasteiger partial charge in [-0.2, -0.15) is 0 Å². The van der Waals surface area contributed by atoms with Crippen molar-refractivity contribution in [3.8, 4) is 5.75 Å². The van der Waals surface area contributed by atoms with E-state index in [1.807, 2.05) is 38.1 Å². The molecule has 4 nitrogen and oxygen atoms in total. The second-order valence-electron chi connectivity index (χ2n) is 4.73. The summed E-state index contributed by atoms with van der Waals surface area (Å²) in [4.78, 5) is 12.4. The lowest BCUT2D eigenvalue weighted by molar-refractivity contribution is -0.149. The summed E-state index contributed by atoms with van der Waals surface area (Å²) in [6.07, 6.45) is 2.28. The zero-order valence-corrected chi connectivity index (χ0v) is 12.9. The number of hydrogen-bond donors (Lipinski definition) is 1. The number of benzene rings is 1. The van der Waals surface area contributed by atoms with Crippen LogP contribution in [-0.4, -0.2) is 25.2 Å². The molecule has 0 aliphatic carbocycles. The number of ether oxygens (including phenoxy) is 2. The Bertz CT molecular complexity index is 433. The van der Waals surface area contributed by atoms with Crippen LogP contribution < -0.4 is 10.1 Å². The Morgan fingerprint density at radius 3 is 2.50 bits per heavy atom. The lowest BCUT2D eigenvalue weighted by Crippen LogP contribution is -2.47. The average Bonchev–Trinajstić information content (AvgIpc) is 2.47. The molecule has 1 unspecified atom stereocenters. The van der Waals surface area contributed by atoms with Crippen LogP contribution in [0.25, 0.3) is 0 Å². The Kier molecular flexibility index (Phi) is 6.36. The second-order valence-corrected chi connectivity index (χ2v) is 4.73. The molecule has 0 amide bonds. The molecule has 1 aromatic carbocycles. The molecule has 0 aliphatic heterocycles. The largest absolute Gasteiger partial charge is 0.495 e. The van der Waals surface area contributed by atoms with Gasteiger partial charge in [0.1, 0.15) is 11.3 Å². The van der Waals surface area contributed by atoms with Gasteiger partial charge >= 0.3 is 5.97 Å². The van der Waals surface area contributed by atoms with Gasteiger partial charge in [-0.15, -0.1) is 0 Å². The number of hydrogen-bond acceptors (Lipinski definition) is 4. The number of rotatable bonds is 8. The first-order valence-corrected chi connectivity index (χ1v) is 7.22. The van der Waals surface area contributed by atoms with E-state index in [4.69, 9.17) is 9.47 Å². The maximum atomic E-state index is 12.4. The summed E-state index contributed by atoms with van der Waals surface area (Å²) < 4.78 is 10.6. The molecule has 112 valence electrons. The summed E-state index contributed by atoms with van der Waals surface area (Å²) in [5.41, 5.74) is 0.123. The lowest BCUT2D eigenvalue weighted by atomic mass is 9.90. The first-order valence-electron chi connectivity index (χ1n) is 7.22. The molecule has 0 aromatic heterocycles. The third-order valence-electron chi connectivity index (χ3n) is 3.43. The molecule has 1 N–H and O–H groups in total. The zero-order chi connectivity index (χ0) is 15.0. The summed E-state index contributed by atoms with van der Waals surface area (Å²) >= 11 is 0. The highest BCUT2D eigenvalue weighted by Crippen LogP contribution is 2.31. The number of nitrogens with one attached hydrogen (secondary N) is 1. The van der Waals surface area contributed by atoms with Crippen LogP contribution >= 0.6 is 0 Å². The van der Waals surface area contributed by atoms with E-state index in [1.165, 1.54) is 0 Å². The van der Waals surface area contributed by atoms with Crippen molar-refractivity contribution in [1.29, 1.82) is 0 Å². The van der Waals surface area contributed by atoms with E-state index < -0.39 is 5.54 Å². The van der Waals surface area contributed by atoms with Crippen molar-refractivity contribution in [1.82, 2.24) is 0 Å². The molecule has 1 rings (SSSR count). The van der Waals surface area contributed by atoms with Gasteiger partial charge < -0.3 is 14.8 Å². The molecule has 0 saturated carbocycles. The van der Waals surface area contributed by atoms with Crippen molar-refractivity contribution in [2.75, 3.05) is 19.0 Å². The Labute approximate surface area is 121 Å². The summed E-state index contributed by atoms with van der Waals surface area (Å²) in [5, 5.41) is 3.35. The van der Waals surface area contributed by atoms with Gasteiger partial charge in [0.2, 0.25) is 0 Å². The summed E-state index contributed by atoms with van der Waals surface area (Å²) in [5.74, 6) is 0.529. The third-order valence-corrected chi connectivity index (χ3v) is 3.43. The van der Waals surface area contributed by atoms with Gasteiger partial charge in [0, 0.05) is 0 Å². The minimum absolute atomic E-state index is 0.199. The highest BCUT2D eigenvalue weighted by molar-refractivity contribution is 5.85. The van der Waals surface area contributed by atoms with Crippen LogP contribution in [0.5, 0.6) is 5.75 Å². The number of anilines is 1. The van der Waals surface area contributed by atoms with Gasteiger partial charge in [-0.3, -0.25) is 0 Å². The summed E-state index contributed by atoms with van der Waals surface area (Å²) in [6, 6.07) is 7.61. The smallest absolute Gasteiger partial charge is 0.331 e. The molecule has 0 spiro atoms. The highest BCUT2D eigenvalue weighted by atomic mass is 16.5. The van der Waals surface area contributed by atoms with E-state index in [0.29, 0.717) is 13.0 Å². The maximum absolute atomic E-state index is 12.4. The van der Waals surface area contributed by atoms with Crippen LogP contribution in [0.3, 0.4) is 0 Å². The monoisotopic (exact) mass is 279 g/mol. The molecule has 0 fully saturated rings. The first kappa shape index (κ1) is 16.3. The molecule has 0 heterocycles. The van der Waals surface area contributed by atoms with Crippen molar-refractivity contribution in [3.63, 3.8) is 0 Å². The second kappa shape index (κ2) is 7.78. The molecule has 1 aromatic rings. The lowest BCUT2D eigenvalue weighted by Gasteiger charge is -2.32. The minimum atomic E-state index is -0.695. The van der Waals surface area contributed by atoms with E-state index >= 15 is 0 Å². The van der Waals surface area contributed by atoms with Crippen LogP contribution in [0.4, 0.5) is 5.69 Å². The molecule has 4 heteroatoms. The molecule has 0 aliphatic rings. The van der Waals surface area contributed by atoms with E-state index in [0.717, 1.165) is 24.3 Å². The predicted octanol–water partition coefficient (Wildman–Crippen LogP) is 3.62. The molecule has 0 bridgehead atoms. The average molecular weight is 279 g/mol. The van der Waals surface area contributed by atoms with E-state index in [9.17, 15) is 4.79 Å². The van der Waals surface area contributed by atoms with Crippen molar-refractivity contribution in [3.05, 3.63) is 24.3 Å². The summed E-state index contributed by atoms with van der Waals surface area (Å²) in [7, 11) is 1.62. The van der Waals surface area contributed by atoms with Gasteiger partial charge in [0.15, 0.2) is 0 Å². The normalized spacial score (nSPS) is 13.4. The number of carbonyl (C=O) groups excluding carboxylic acids is 1. The number of para-hydroxylation sites is 2. The van der Waals surface area contributed by atoms with Crippen LogP contribution in [0, 0.1) is 0 Å². The quantitative estimate of drug-likeness (QED) is 0.738.